The molecule has 76 valence electrons. The Morgan fingerprint density at radius 2 is 2.14 bits per heavy atom. The van der Waals surface area contributed by atoms with Gasteiger partial charge in [-0.3, -0.25) is 0 Å². The van der Waals surface area contributed by atoms with Gasteiger partial charge >= 0.3 is 5.97 Å². The first kappa shape index (κ1) is 10.7. The lowest BCUT2D eigenvalue weighted by Crippen LogP contribution is -2.01. The van der Waals surface area contributed by atoms with Crippen LogP contribution in [-0.2, 0) is 9.73 Å². The van der Waals surface area contributed by atoms with Crippen LogP contribution in [0.3, 0.4) is 0 Å². The summed E-state index contributed by atoms with van der Waals surface area (Å²) in [6, 6.07) is 6.02. The Balaban J connectivity index is 3.33. The molecule has 0 bridgehead atoms. The van der Waals surface area contributed by atoms with Gasteiger partial charge in [-0.1, -0.05) is 6.07 Å². The quantitative estimate of drug-likeness (QED) is 0.809. The van der Waals surface area contributed by atoms with Gasteiger partial charge in [0.1, 0.15) is 0 Å². The van der Waals surface area contributed by atoms with E-state index < -0.39 is 15.7 Å². The lowest BCUT2D eigenvalue weighted by atomic mass is 10.2. The van der Waals surface area contributed by atoms with Gasteiger partial charge in [-0.15, -0.1) is 0 Å². The van der Waals surface area contributed by atoms with Crippen molar-refractivity contribution in [2.45, 2.75) is 4.90 Å². The number of hydrogen-bond donors (Lipinski definition) is 1. The van der Waals surface area contributed by atoms with Crippen LogP contribution >= 0.6 is 0 Å². The van der Waals surface area contributed by atoms with E-state index in [4.69, 9.17) is 5.11 Å². The Bertz CT molecular complexity index is 473. The molecule has 0 radical (unpaired) electrons. The largest absolute Gasteiger partial charge is 0.478 e. The Morgan fingerprint density at radius 1 is 1.50 bits per heavy atom. The van der Waals surface area contributed by atoms with Crippen molar-refractivity contribution in [3.8, 4) is 0 Å². The number of carboxylic acids is 1. The molecule has 14 heavy (non-hydrogen) atoms. The molecule has 1 aromatic rings. The van der Waals surface area contributed by atoms with E-state index in [0.29, 0.717) is 4.90 Å². The third-order valence-corrected chi connectivity index (χ3v) is 3.69. The minimum atomic E-state index is -2.44. The summed E-state index contributed by atoms with van der Waals surface area (Å²) in [4.78, 5) is 11.1. The highest BCUT2D eigenvalue weighted by Gasteiger charge is 2.08. The van der Waals surface area contributed by atoms with Crippen molar-refractivity contribution in [3.05, 3.63) is 29.8 Å². The fraction of sp³-hybridized carbons (Fsp3) is 0.222. The molecular formula is C9H11NO3S. The normalized spacial score (nSPS) is 14.4. The van der Waals surface area contributed by atoms with Crippen LogP contribution in [0.1, 0.15) is 10.4 Å². The van der Waals surface area contributed by atoms with Crippen LogP contribution in [0.5, 0.6) is 0 Å². The molecule has 0 saturated carbocycles. The average Bonchev–Trinajstić information content (AvgIpc) is 2.18. The summed E-state index contributed by atoms with van der Waals surface area (Å²) >= 11 is 0. The Morgan fingerprint density at radius 3 is 2.64 bits per heavy atom. The van der Waals surface area contributed by atoms with E-state index in [0.717, 1.165) is 0 Å². The molecule has 0 spiro atoms. The molecule has 0 saturated heterocycles. The Hall–Kier alpha value is -1.36. The topological polar surface area (TPSA) is 66.7 Å². The van der Waals surface area contributed by atoms with Gasteiger partial charge in [-0.25, -0.2) is 13.4 Å². The molecule has 1 atom stereocenters. The summed E-state index contributed by atoms with van der Waals surface area (Å²) in [6.07, 6.45) is 1.48. The third-order valence-electron chi connectivity index (χ3n) is 1.87. The number of nitrogens with zero attached hydrogens (tertiary/aromatic N) is 1. The van der Waals surface area contributed by atoms with Gasteiger partial charge in [0.2, 0.25) is 0 Å². The van der Waals surface area contributed by atoms with E-state index in [2.05, 4.69) is 4.36 Å². The number of hydrogen-bond acceptors (Lipinski definition) is 3. The number of carbonyl (C=O) groups is 1. The van der Waals surface area contributed by atoms with E-state index in [-0.39, 0.29) is 5.56 Å². The maximum Gasteiger partial charge on any atom is 0.335 e. The number of carboxylic acid groups (broad SMARTS) is 1. The van der Waals surface area contributed by atoms with Crippen LogP contribution in [0, 0.1) is 0 Å². The molecule has 0 aromatic heterocycles. The molecule has 5 heteroatoms. The van der Waals surface area contributed by atoms with E-state index in [1.54, 1.807) is 12.1 Å². The molecule has 1 N–H and O–H groups in total. The van der Waals surface area contributed by atoms with E-state index in [1.807, 2.05) is 0 Å². The summed E-state index contributed by atoms with van der Waals surface area (Å²) in [7, 11) is -0.988. The molecule has 0 amide bonds. The van der Waals surface area contributed by atoms with Crippen LogP contribution < -0.4 is 0 Å². The summed E-state index contributed by atoms with van der Waals surface area (Å²) in [5.41, 5.74) is 0.126. The molecular weight excluding hydrogens is 202 g/mol. The van der Waals surface area contributed by atoms with E-state index in [1.165, 1.54) is 25.4 Å². The minimum absolute atomic E-state index is 0.126. The van der Waals surface area contributed by atoms with Gasteiger partial charge in [0, 0.05) is 18.2 Å². The molecule has 0 fully saturated rings. The van der Waals surface area contributed by atoms with Crippen molar-refractivity contribution in [1.29, 1.82) is 0 Å². The standard InChI is InChI=1S/C9H11NO3S/c1-10-14(2,13)8-5-3-4-7(6-8)9(11)12/h3-6H,1-2H3,(H,11,12)/t14-/m1/s1. The van der Waals surface area contributed by atoms with E-state index >= 15 is 0 Å². The van der Waals surface area contributed by atoms with Gasteiger partial charge in [0.25, 0.3) is 0 Å². The average molecular weight is 213 g/mol. The van der Waals surface area contributed by atoms with Gasteiger partial charge in [0.15, 0.2) is 0 Å². The van der Waals surface area contributed by atoms with Gasteiger partial charge in [-0.2, -0.15) is 0 Å². The molecule has 0 heterocycles. The second-order valence-electron chi connectivity index (χ2n) is 2.82. The Labute approximate surface area is 82.8 Å². The van der Waals surface area contributed by atoms with Gasteiger partial charge in [0.05, 0.1) is 15.3 Å². The van der Waals surface area contributed by atoms with Crippen molar-refractivity contribution >= 4 is 15.7 Å². The predicted octanol–water partition coefficient (Wildman–Crippen LogP) is 1.47. The molecule has 0 unspecified atom stereocenters. The first-order valence-corrected chi connectivity index (χ1v) is 5.83. The fourth-order valence-electron chi connectivity index (χ4n) is 0.970. The highest BCUT2D eigenvalue weighted by Crippen LogP contribution is 2.13. The number of rotatable bonds is 2. The predicted molar refractivity (Wildman–Crippen MR) is 54.1 cm³/mol. The first-order chi connectivity index (χ1) is 6.47. The SMILES string of the molecule is CN=[S@](C)(=O)c1cccc(C(=O)O)c1. The summed E-state index contributed by atoms with van der Waals surface area (Å²) in [5, 5.41) is 8.72. The van der Waals surface area contributed by atoms with Crippen molar-refractivity contribution in [2.24, 2.45) is 4.36 Å². The minimum Gasteiger partial charge on any atom is -0.478 e. The third kappa shape index (κ3) is 2.11. The van der Waals surface area contributed by atoms with Gasteiger partial charge < -0.3 is 5.11 Å². The molecule has 4 nitrogen and oxygen atoms in total. The fourth-order valence-corrected chi connectivity index (χ4v) is 1.86. The lowest BCUT2D eigenvalue weighted by Gasteiger charge is -2.03. The molecule has 1 aromatic carbocycles. The summed E-state index contributed by atoms with van der Waals surface area (Å²) in [6.45, 7) is 0. The molecule has 0 aliphatic carbocycles. The lowest BCUT2D eigenvalue weighted by molar-refractivity contribution is 0.0696. The second-order valence-corrected chi connectivity index (χ2v) is 5.26. The number of aromatic carboxylic acids is 1. The summed E-state index contributed by atoms with van der Waals surface area (Å²) < 4.78 is 15.5. The van der Waals surface area contributed by atoms with Crippen LogP contribution in [-0.4, -0.2) is 28.6 Å². The maximum absolute atomic E-state index is 11.8. The monoisotopic (exact) mass is 213 g/mol. The Kier molecular flexibility index (Phi) is 2.90. The zero-order valence-electron chi connectivity index (χ0n) is 7.93. The highest BCUT2D eigenvalue weighted by molar-refractivity contribution is 7.93. The zero-order chi connectivity index (χ0) is 10.8. The first-order valence-electron chi connectivity index (χ1n) is 3.91. The highest BCUT2D eigenvalue weighted by atomic mass is 32.2. The van der Waals surface area contributed by atoms with Gasteiger partial charge in [-0.05, 0) is 18.2 Å². The molecule has 0 aliphatic rings. The van der Waals surface area contributed by atoms with Crippen molar-refractivity contribution in [3.63, 3.8) is 0 Å². The van der Waals surface area contributed by atoms with Crippen LogP contribution in [0.4, 0.5) is 0 Å². The molecule has 0 aliphatic heterocycles. The zero-order valence-corrected chi connectivity index (χ0v) is 8.75. The van der Waals surface area contributed by atoms with Crippen molar-refractivity contribution in [1.82, 2.24) is 0 Å². The second kappa shape index (κ2) is 3.79. The van der Waals surface area contributed by atoms with Crippen molar-refractivity contribution < 1.29 is 14.1 Å². The molecule has 1 rings (SSSR count). The smallest absolute Gasteiger partial charge is 0.335 e. The summed E-state index contributed by atoms with van der Waals surface area (Å²) in [5.74, 6) is -1.03. The van der Waals surface area contributed by atoms with Crippen LogP contribution in [0.25, 0.3) is 0 Å². The number of benzene rings is 1. The van der Waals surface area contributed by atoms with Crippen LogP contribution in [0.2, 0.25) is 0 Å². The maximum atomic E-state index is 11.8. The van der Waals surface area contributed by atoms with Crippen molar-refractivity contribution in [2.75, 3.05) is 13.3 Å². The van der Waals surface area contributed by atoms with Crippen LogP contribution in [0.15, 0.2) is 33.5 Å². The van der Waals surface area contributed by atoms with E-state index in [9.17, 15) is 9.00 Å².